The first-order valence-corrected chi connectivity index (χ1v) is 4.83. The SMILES string of the molecule is O=C1NCCCCC1CCC(F)(F)F. The lowest BCUT2D eigenvalue weighted by Gasteiger charge is -2.13. The van der Waals surface area contributed by atoms with Crippen LogP contribution in [0.25, 0.3) is 0 Å². The van der Waals surface area contributed by atoms with Crippen molar-refractivity contribution >= 4 is 5.91 Å². The molecule has 1 unspecified atom stereocenters. The van der Waals surface area contributed by atoms with E-state index in [1.54, 1.807) is 0 Å². The highest BCUT2D eigenvalue weighted by Crippen LogP contribution is 2.26. The summed E-state index contributed by atoms with van der Waals surface area (Å²) in [6, 6.07) is 0. The van der Waals surface area contributed by atoms with Crippen molar-refractivity contribution in [3.05, 3.63) is 0 Å². The number of rotatable bonds is 2. The second-order valence-electron chi connectivity index (χ2n) is 3.64. The van der Waals surface area contributed by atoms with Crippen LogP contribution in [0.2, 0.25) is 0 Å². The summed E-state index contributed by atoms with van der Waals surface area (Å²) in [7, 11) is 0. The largest absolute Gasteiger partial charge is 0.389 e. The van der Waals surface area contributed by atoms with Crippen LogP contribution in [0.4, 0.5) is 13.2 Å². The van der Waals surface area contributed by atoms with Gasteiger partial charge in [-0.15, -0.1) is 0 Å². The van der Waals surface area contributed by atoms with Gasteiger partial charge in [0, 0.05) is 18.9 Å². The highest BCUT2D eigenvalue weighted by molar-refractivity contribution is 5.78. The van der Waals surface area contributed by atoms with Gasteiger partial charge in [0.05, 0.1) is 0 Å². The molecule has 1 aliphatic rings. The van der Waals surface area contributed by atoms with Crippen molar-refractivity contribution < 1.29 is 18.0 Å². The third-order valence-corrected chi connectivity index (χ3v) is 2.43. The van der Waals surface area contributed by atoms with Crippen molar-refractivity contribution in [2.24, 2.45) is 5.92 Å². The molecule has 0 aliphatic carbocycles. The van der Waals surface area contributed by atoms with Gasteiger partial charge in [0.2, 0.25) is 5.91 Å². The first-order valence-electron chi connectivity index (χ1n) is 4.83. The van der Waals surface area contributed by atoms with Crippen LogP contribution in [0.3, 0.4) is 0 Å². The molecule has 1 N–H and O–H groups in total. The number of hydrogen-bond donors (Lipinski definition) is 1. The normalized spacial score (nSPS) is 24.2. The molecule has 1 heterocycles. The van der Waals surface area contributed by atoms with E-state index in [2.05, 4.69) is 5.32 Å². The highest BCUT2D eigenvalue weighted by atomic mass is 19.4. The molecular formula is C9H14F3NO. The van der Waals surface area contributed by atoms with E-state index >= 15 is 0 Å². The quantitative estimate of drug-likeness (QED) is 0.742. The number of alkyl halides is 3. The predicted octanol–water partition coefficient (Wildman–Crippen LogP) is 2.25. The Balaban J connectivity index is 2.37. The Morgan fingerprint density at radius 3 is 2.71 bits per heavy atom. The van der Waals surface area contributed by atoms with E-state index in [9.17, 15) is 18.0 Å². The Labute approximate surface area is 80.9 Å². The van der Waals surface area contributed by atoms with E-state index in [0.29, 0.717) is 13.0 Å². The Morgan fingerprint density at radius 2 is 2.07 bits per heavy atom. The minimum Gasteiger partial charge on any atom is -0.356 e. The van der Waals surface area contributed by atoms with Crippen molar-refractivity contribution in [3.63, 3.8) is 0 Å². The average Bonchev–Trinajstić information content (AvgIpc) is 2.25. The molecule has 1 aliphatic heterocycles. The molecule has 0 bridgehead atoms. The van der Waals surface area contributed by atoms with E-state index in [1.807, 2.05) is 0 Å². The standard InChI is InChI=1S/C9H14F3NO/c10-9(11,12)5-4-7-3-1-2-6-13-8(7)14/h7H,1-6H2,(H,13,14). The van der Waals surface area contributed by atoms with Crippen LogP contribution in [-0.4, -0.2) is 18.6 Å². The molecule has 1 atom stereocenters. The fourth-order valence-corrected chi connectivity index (χ4v) is 1.62. The summed E-state index contributed by atoms with van der Waals surface area (Å²) in [5, 5.41) is 2.62. The van der Waals surface area contributed by atoms with Crippen LogP contribution in [0.1, 0.15) is 32.1 Å². The molecular weight excluding hydrogens is 195 g/mol. The monoisotopic (exact) mass is 209 g/mol. The number of nitrogens with one attached hydrogen (secondary N) is 1. The maximum Gasteiger partial charge on any atom is 0.389 e. The lowest BCUT2D eigenvalue weighted by atomic mass is 9.97. The zero-order valence-electron chi connectivity index (χ0n) is 7.86. The first kappa shape index (κ1) is 11.3. The summed E-state index contributed by atoms with van der Waals surface area (Å²) < 4.78 is 35.7. The van der Waals surface area contributed by atoms with Crippen molar-refractivity contribution in [3.8, 4) is 0 Å². The summed E-state index contributed by atoms with van der Waals surface area (Å²) in [6.07, 6.45) is -2.79. The molecule has 0 aromatic carbocycles. The van der Waals surface area contributed by atoms with E-state index in [-0.39, 0.29) is 12.3 Å². The molecule has 1 saturated heterocycles. The molecule has 0 spiro atoms. The molecule has 82 valence electrons. The molecule has 5 heteroatoms. The van der Waals surface area contributed by atoms with Gasteiger partial charge in [0.1, 0.15) is 0 Å². The van der Waals surface area contributed by atoms with Crippen LogP contribution in [0.5, 0.6) is 0 Å². The van der Waals surface area contributed by atoms with Gasteiger partial charge in [-0.3, -0.25) is 4.79 Å². The molecule has 1 amide bonds. The van der Waals surface area contributed by atoms with Crippen molar-refractivity contribution in [2.45, 2.75) is 38.3 Å². The minimum absolute atomic E-state index is 0.0741. The molecule has 0 radical (unpaired) electrons. The molecule has 2 nitrogen and oxygen atoms in total. The highest BCUT2D eigenvalue weighted by Gasteiger charge is 2.30. The van der Waals surface area contributed by atoms with Gasteiger partial charge in [-0.25, -0.2) is 0 Å². The molecule has 0 saturated carbocycles. The van der Waals surface area contributed by atoms with Gasteiger partial charge in [-0.2, -0.15) is 13.2 Å². The molecule has 0 aromatic heterocycles. The van der Waals surface area contributed by atoms with Gasteiger partial charge < -0.3 is 5.32 Å². The van der Waals surface area contributed by atoms with E-state index in [4.69, 9.17) is 0 Å². The molecule has 1 fully saturated rings. The third kappa shape index (κ3) is 3.98. The predicted molar refractivity (Wildman–Crippen MR) is 45.6 cm³/mol. The maximum atomic E-state index is 11.9. The third-order valence-electron chi connectivity index (χ3n) is 2.43. The topological polar surface area (TPSA) is 29.1 Å². The lowest BCUT2D eigenvalue weighted by molar-refractivity contribution is -0.141. The van der Waals surface area contributed by atoms with E-state index in [0.717, 1.165) is 12.8 Å². The van der Waals surface area contributed by atoms with Gasteiger partial charge >= 0.3 is 6.18 Å². The summed E-state index contributed by atoms with van der Waals surface area (Å²) >= 11 is 0. The fourth-order valence-electron chi connectivity index (χ4n) is 1.62. The minimum atomic E-state index is -4.15. The second-order valence-corrected chi connectivity index (χ2v) is 3.64. The summed E-state index contributed by atoms with van der Waals surface area (Å²) in [4.78, 5) is 11.3. The van der Waals surface area contributed by atoms with Crippen LogP contribution < -0.4 is 5.32 Å². The lowest BCUT2D eigenvalue weighted by Crippen LogP contribution is -2.29. The average molecular weight is 209 g/mol. The van der Waals surface area contributed by atoms with Gasteiger partial charge in [0.15, 0.2) is 0 Å². The summed E-state index contributed by atoms with van der Waals surface area (Å²) in [5.74, 6) is -0.661. The smallest absolute Gasteiger partial charge is 0.356 e. The van der Waals surface area contributed by atoms with Crippen LogP contribution >= 0.6 is 0 Å². The van der Waals surface area contributed by atoms with Crippen molar-refractivity contribution in [1.82, 2.24) is 5.32 Å². The molecule has 0 aromatic rings. The van der Waals surface area contributed by atoms with Gasteiger partial charge in [-0.05, 0) is 19.3 Å². The Morgan fingerprint density at radius 1 is 1.36 bits per heavy atom. The van der Waals surface area contributed by atoms with E-state index in [1.165, 1.54) is 0 Å². The first-order chi connectivity index (χ1) is 6.49. The van der Waals surface area contributed by atoms with Crippen LogP contribution in [0.15, 0.2) is 0 Å². The van der Waals surface area contributed by atoms with Crippen molar-refractivity contribution in [1.29, 1.82) is 0 Å². The van der Waals surface area contributed by atoms with Crippen LogP contribution in [0, 0.1) is 5.92 Å². The van der Waals surface area contributed by atoms with Crippen LogP contribution in [-0.2, 0) is 4.79 Å². The number of amides is 1. The fraction of sp³-hybridized carbons (Fsp3) is 0.889. The zero-order valence-corrected chi connectivity index (χ0v) is 7.86. The second kappa shape index (κ2) is 4.66. The van der Waals surface area contributed by atoms with Gasteiger partial charge in [-0.1, -0.05) is 6.42 Å². The number of carbonyl (C=O) groups is 1. The Kier molecular flexibility index (Phi) is 3.77. The number of halogens is 3. The van der Waals surface area contributed by atoms with E-state index < -0.39 is 18.5 Å². The number of carbonyl (C=O) groups excluding carboxylic acids is 1. The molecule has 1 rings (SSSR count). The van der Waals surface area contributed by atoms with Crippen molar-refractivity contribution in [2.75, 3.05) is 6.54 Å². The van der Waals surface area contributed by atoms with Gasteiger partial charge in [0.25, 0.3) is 0 Å². The Hall–Kier alpha value is -0.740. The number of hydrogen-bond acceptors (Lipinski definition) is 1. The Bertz CT molecular complexity index is 203. The molecule has 14 heavy (non-hydrogen) atoms. The maximum absolute atomic E-state index is 11.9. The summed E-state index contributed by atoms with van der Waals surface area (Å²) in [5.41, 5.74) is 0. The summed E-state index contributed by atoms with van der Waals surface area (Å²) in [6.45, 7) is 0.599. The zero-order chi connectivity index (χ0) is 10.6.